The van der Waals surface area contributed by atoms with Crippen LogP contribution in [0.5, 0.6) is 0 Å². The van der Waals surface area contributed by atoms with Gasteiger partial charge in [-0.2, -0.15) is 26.3 Å². The summed E-state index contributed by atoms with van der Waals surface area (Å²) in [5, 5.41) is 14.2. The molecule has 0 unspecified atom stereocenters. The van der Waals surface area contributed by atoms with Crippen molar-refractivity contribution in [2.45, 2.75) is 12.4 Å². The van der Waals surface area contributed by atoms with Crippen molar-refractivity contribution in [1.82, 2.24) is 0 Å². The topological polar surface area (TPSA) is 40.5 Å². The Morgan fingerprint density at radius 1 is 0.824 bits per heavy atom. The molecule has 2 N–H and O–H groups in total. The third kappa shape index (κ3) is 5.59. The lowest BCUT2D eigenvalue weighted by Gasteiger charge is -2.10. The van der Waals surface area contributed by atoms with Crippen LogP contribution in [0.3, 0.4) is 0 Å². The van der Waals surface area contributed by atoms with Gasteiger partial charge < -0.3 is 10.0 Å². The normalized spacial score (nSPS) is 11.5. The largest absolute Gasteiger partial charge is 0.432 e. The summed E-state index contributed by atoms with van der Waals surface area (Å²) < 4.78 is 71.9. The third-order valence-corrected chi connectivity index (χ3v) is 1.52. The highest BCUT2D eigenvalue weighted by Crippen LogP contribution is 2.34. The van der Waals surface area contributed by atoms with E-state index >= 15 is 0 Å². The van der Waals surface area contributed by atoms with E-state index in [0.717, 1.165) is 6.07 Å². The van der Waals surface area contributed by atoms with Gasteiger partial charge in [0, 0.05) is 0 Å². The molecule has 0 saturated heterocycles. The van der Waals surface area contributed by atoms with Crippen LogP contribution < -0.4 is 0 Å². The van der Waals surface area contributed by atoms with Crippen LogP contribution in [0.4, 0.5) is 26.3 Å². The van der Waals surface area contributed by atoms with Crippen molar-refractivity contribution in [3.05, 3.63) is 35.4 Å². The van der Waals surface area contributed by atoms with E-state index in [-0.39, 0.29) is 6.07 Å². The second-order valence-corrected chi connectivity index (χ2v) is 2.72. The van der Waals surface area contributed by atoms with Crippen molar-refractivity contribution in [3.8, 4) is 0 Å². The van der Waals surface area contributed by atoms with Gasteiger partial charge in [-0.3, -0.25) is 0 Å². The Bertz CT molecular complexity index is 319. The molecule has 0 aliphatic heterocycles. The van der Waals surface area contributed by atoms with Gasteiger partial charge in [0.15, 0.2) is 0 Å². The lowest BCUT2D eigenvalue weighted by Crippen LogP contribution is -2.09. The average molecular weight is 260 g/mol. The van der Waals surface area contributed by atoms with Crippen LogP contribution in [0.2, 0.25) is 0 Å². The van der Waals surface area contributed by atoms with Crippen molar-refractivity contribution in [3.63, 3.8) is 0 Å². The second-order valence-electron chi connectivity index (χ2n) is 2.72. The first-order chi connectivity index (χ1) is 7.62. The summed E-state index contributed by atoms with van der Waals surface area (Å²) in [6, 6.07) is 2.00. The number of hydrogen-bond donors (Lipinski definition) is 2. The summed E-state index contributed by atoms with van der Waals surface area (Å²) in [4.78, 5) is 0. The number of halogens is 6. The highest BCUT2D eigenvalue weighted by atomic mass is 19.4. The lowest BCUT2D eigenvalue weighted by molar-refractivity contribution is -0.143. The minimum atomic E-state index is -4.75. The molecule has 0 aromatic heterocycles. The Balaban J connectivity index is 0.000000770. The predicted molar refractivity (Wildman–Crippen MR) is 48.0 cm³/mol. The van der Waals surface area contributed by atoms with Crippen LogP contribution in [-0.2, 0) is 12.4 Å². The summed E-state index contributed by atoms with van der Waals surface area (Å²) in [7, 11) is -0.750. The van der Waals surface area contributed by atoms with E-state index in [1.165, 1.54) is 0 Å². The van der Waals surface area contributed by atoms with E-state index in [1.54, 1.807) is 0 Å². The molecule has 1 aromatic rings. The second kappa shape index (κ2) is 5.92. The molecule has 0 amide bonds. The standard InChI is InChI=1S/C8H4F6.BH3O2/c9-7(10,11)5-2-1-3-6(4-5)8(12,13)14;2-1-3/h1-4H;1-3H. The molecule has 0 saturated carbocycles. The Kier molecular flexibility index (Phi) is 5.50. The highest BCUT2D eigenvalue weighted by molar-refractivity contribution is 6.13. The molecule has 0 radical (unpaired) electrons. The number of alkyl halides is 6. The Morgan fingerprint density at radius 2 is 1.12 bits per heavy atom. The van der Waals surface area contributed by atoms with Gasteiger partial charge in [-0.1, -0.05) is 6.07 Å². The monoisotopic (exact) mass is 260 g/mol. The number of hydrogen-bond acceptors (Lipinski definition) is 2. The van der Waals surface area contributed by atoms with Crippen molar-refractivity contribution < 1.29 is 36.4 Å². The van der Waals surface area contributed by atoms with E-state index < -0.39 is 31.2 Å². The minimum absolute atomic E-state index is 0.0833. The third-order valence-electron chi connectivity index (χ3n) is 1.52. The Morgan fingerprint density at radius 3 is 1.35 bits per heavy atom. The van der Waals surface area contributed by atoms with E-state index in [9.17, 15) is 26.3 Å². The first kappa shape index (κ1) is 15.8. The molecule has 9 heteroatoms. The van der Waals surface area contributed by atoms with Gasteiger partial charge in [0.25, 0.3) is 0 Å². The zero-order valence-electron chi connectivity index (χ0n) is 8.18. The summed E-state index contributed by atoms with van der Waals surface area (Å²) in [5.74, 6) is 0. The maximum Gasteiger partial charge on any atom is 0.432 e. The van der Waals surface area contributed by atoms with Gasteiger partial charge in [0.1, 0.15) is 0 Å². The van der Waals surface area contributed by atoms with Gasteiger partial charge in [-0.05, 0) is 18.2 Å². The van der Waals surface area contributed by atoms with Crippen LogP contribution >= 0.6 is 0 Å². The first-order valence-corrected chi connectivity index (χ1v) is 4.09. The summed E-state index contributed by atoms with van der Waals surface area (Å²) in [6.07, 6.45) is -9.50. The van der Waals surface area contributed by atoms with Crippen LogP contribution in [0.15, 0.2) is 24.3 Å². The molecule has 0 bridgehead atoms. The summed E-state index contributed by atoms with van der Waals surface area (Å²) in [5.41, 5.74) is -2.60. The van der Waals surface area contributed by atoms with E-state index in [4.69, 9.17) is 10.0 Å². The van der Waals surface area contributed by atoms with Crippen LogP contribution in [0.1, 0.15) is 11.1 Å². The smallest absolute Gasteiger partial charge is 0.430 e. The van der Waals surface area contributed by atoms with Crippen molar-refractivity contribution in [1.29, 1.82) is 0 Å². The zero-order chi connectivity index (χ0) is 13.7. The molecular weight excluding hydrogens is 253 g/mol. The first-order valence-electron chi connectivity index (χ1n) is 4.09. The summed E-state index contributed by atoms with van der Waals surface area (Å²) in [6.45, 7) is 0. The van der Waals surface area contributed by atoms with E-state index in [2.05, 4.69) is 0 Å². The van der Waals surface area contributed by atoms with Gasteiger partial charge >= 0.3 is 20.0 Å². The maximum atomic E-state index is 12.0. The lowest BCUT2D eigenvalue weighted by atomic mass is 10.1. The minimum Gasteiger partial charge on any atom is -0.430 e. The predicted octanol–water partition coefficient (Wildman–Crippen LogP) is 1.96. The van der Waals surface area contributed by atoms with Crippen molar-refractivity contribution in [2.24, 2.45) is 0 Å². The van der Waals surface area contributed by atoms with Gasteiger partial charge in [0.05, 0.1) is 11.1 Å². The SMILES string of the molecule is FC(F)(F)c1cccc(C(F)(F)F)c1.OBO. The molecule has 96 valence electrons. The van der Waals surface area contributed by atoms with Crippen LogP contribution in [0, 0.1) is 0 Å². The molecule has 0 aliphatic carbocycles. The molecule has 0 atom stereocenters. The molecule has 0 fully saturated rings. The van der Waals surface area contributed by atoms with Crippen molar-refractivity contribution in [2.75, 3.05) is 0 Å². The number of rotatable bonds is 0. The molecular formula is C8H7BF6O2. The average Bonchev–Trinajstić information content (AvgIpc) is 2.16. The molecule has 1 aromatic carbocycles. The van der Waals surface area contributed by atoms with Crippen LogP contribution in [0.25, 0.3) is 0 Å². The molecule has 17 heavy (non-hydrogen) atoms. The highest BCUT2D eigenvalue weighted by Gasteiger charge is 2.35. The fraction of sp³-hybridized carbons (Fsp3) is 0.250. The van der Waals surface area contributed by atoms with E-state index in [1.807, 2.05) is 0 Å². The van der Waals surface area contributed by atoms with Gasteiger partial charge in [0.2, 0.25) is 0 Å². The fourth-order valence-corrected chi connectivity index (χ4v) is 0.872. The summed E-state index contributed by atoms with van der Waals surface area (Å²) >= 11 is 0. The van der Waals surface area contributed by atoms with E-state index in [0.29, 0.717) is 12.1 Å². The molecule has 0 spiro atoms. The Hall–Kier alpha value is -1.22. The van der Waals surface area contributed by atoms with Crippen LogP contribution in [-0.4, -0.2) is 17.7 Å². The van der Waals surface area contributed by atoms with Crippen molar-refractivity contribution >= 4 is 7.69 Å². The quantitative estimate of drug-likeness (QED) is 0.553. The molecule has 0 heterocycles. The molecule has 1 rings (SSSR count). The zero-order valence-corrected chi connectivity index (χ0v) is 8.18. The maximum absolute atomic E-state index is 12.0. The van der Waals surface area contributed by atoms with Gasteiger partial charge in [-0.25, -0.2) is 0 Å². The Labute approximate surface area is 92.8 Å². The number of benzene rings is 1. The van der Waals surface area contributed by atoms with Gasteiger partial charge in [-0.15, -0.1) is 0 Å². The molecule has 2 nitrogen and oxygen atoms in total. The fourth-order valence-electron chi connectivity index (χ4n) is 0.872. The molecule has 0 aliphatic rings.